The van der Waals surface area contributed by atoms with Crippen molar-refractivity contribution in [2.45, 2.75) is 30.8 Å². The van der Waals surface area contributed by atoms with Crippen LogP contribution in [0, 0.1) is 0 Å². The first kappa shape index (κ1) is 21.3. The summed E-state index contributed by atoms with van der Waals surface area (Å²) >= 11 is 0. The summed E-state index contributed by atoms with van der Waals surface area (Å²) in [5.41, 5.74) is 3.44. The number of para-hydroxylation sites is 2. The number of hydrogen-bond donors (Lipinski definition) is 2. The van der Waals surface area contributed by atoms with Crippen LogP contribution < -0.4 is 0 Å². The van der Waals surface area contributed by atoms with E-state index in [0.29, 0.717) is 24.0 Å². The summed E-state index contributed by atoms with van der Waals surface area (Å²) < 4.78 is 13.5. The first-order valence-corrected chi connectivity index (χ1v) is 11.1. The highest BCUT2D eigenvalue weighted by atomic mass is 16.8. The van der Waals surface area contributed by atoms with Gasteiger partial charge in [-0.1, -0.05) is 97.1 Å². The molecule has 0 unspecified atom stereocenters. The molecule has 0 amide bonds. The fourth-order valence-electron chi connectivity index (χ4n) is 4.57. The van der Waals surface area contributed by atoms with Gasteiger partial charge in [0.25, 0.3) is 0 Å². The predicted octanol–water partition coefficient (Wildman–Crippen LogP) is 6.11. The second-order valence-corrected chi connectivity index (χ2v) is 8.43. The van der Waals surface area contributed by atoms with Crippen molar-refractivity contribution < 1.29 is 19.7 Å². The highest BCUT2D eigenvalue weighted by molar-refractivity contribution is 5.41. The van der Waals surface area contributed by atoms with Gasteiger partial charge in [0.2, 0.25) is 0 Å². The maximum absolute atomic E-state index is 10.7. The van der Waals surface area contributed by atoms with E-state index in [1.54, 1.807) is 24.3 Å². The van der Waals surface area contributed by atoms with Crippen LogP contribution in [0.5, 0.6) is 11.5 Å². The molecule has 1 saturated heterocycles. The maximum Gasteiger partial charge on any atom is 0.178 e. The Morgan fingerprint density at radius 3 is 1.27 bits per heavy atom. The lowest BCUT2D eigenvalue weighted by molar-refractivity contribution is -0.175. The van der Waals surface area contributed by atoms with Gasteiger partial charge in [0.05, 0.1) is 0 Å². The van der Waals surface area contributed by atoms with Crippen LogP contribution in [-0.2, 0) is 22.3 Å². The number of rotatable bonds is 6. The fourth-order valence-corrected chi connectivity index (χ4v) is 4.57. The quantitative estimate of drug-likeness (QED) is 0.381. The number of aromatic hydroxyl groups is 2. The lowest BCUT2D eigenvalue weighted by Gasteiger charge is -2.29. The Morgan fingerprint density at radius 1 is 0.515 bits per heavy atom. The molecule has 0 bridgehead atoms. The van der Waals surface area contributed by atoms with Crippen molar-refractivity contribution in [3.05, 3.63) is 131 Å². The minimum atomic E-state index is -0.984. The van der Waals surface area contributed by atoms with E-state index in [1.807, 2.05) is 60.7 Å². The lowest BCUT2D eigenvalue weighted by atomic mass is 9.97. The van der Waals surface area contributed by atoms with Gasteiger partial charge in [0, 0.05) is 24.0 Å². The van der Waals surface area contributed by atoms with Gasteiger partial charge in [-0.3, -0.25) is 0 Å². The Balaban J connectivity index is 1.61. The summed E-state index contributed by atoms with van der Waals surface area (Å²) in [6, 6.07) is 34.5. The van der Waals surface area contributed by atoms with Crippen molar-refractivity contribution in [1.82, 2.24) is 0 Å². The van der Waals surface area contributed by atoms with Gasteiger partial charge in [-0.2, -0.15) is 0 Å². The van der Waals surface area contributed by atoms with Crippen LogP contribution in [0.1, 0.15) is 34.5 Å². The summed E-state index contributed by atoms with van der Waals surface area (Å²) in [5.74, 6) is -0.703. The van der Waals surface area contributed by atoms with E-state index in [0.717, 1.165) is 11.1 Å². The van der Waals surface area contributed by atoms with Gasteiger partial charge in [-0.25, -0.2) is 0 Å². The number of ether oxygens (including phenoxy) is 2. The van der Waals surface area contributed by atoms with Crippen LogP contribution in [0.4, 0.5) is 0 Å². The molecule has 0 aliphatic carbocycles. The maximum atomic E-state index is 10.7. The van der Waals surface area contributed by atoms with Crippen LogP contribution in [-0.4, -0.2) is 16.0 Å². The Kier molecular flexibility index (Phi) is 5.86. The van der Waals surface area contributed by atoms with Gasteiger partial charge in [-0.05, 0) is 23.3 Å². The fraction of sp³-hybridized carbons (Fsp3) is 0.172. The molecule has 2 N–H and O–H groups in total. The predicted molar refractivity (Wildman–Crippen MR) is 127 cm³/mol. The van der Waals surface area contributed by atoms with Crippen molar-refractivity contribution >= 4 is 0 Å². The molecule has 1 aliphatic heterocycles. The Hall–Kier alpha value is -3.60. The molecule has 0 aromatic heterocycles. The number of phenols is 2. The minimum Gasteiger partial charge on any atom is -0.508 e. The zero-order chi connectivity index (χ0) is 22.7. The molecule has 33 heavy (non-hydrogen) atoms. The Bertz CT molecular complexity index is 1110. The standard InChI is InChI=1S/C29H26O4/c30-25-17-9-7-15-23(25)27-28(24-16-8-10-18-26(24)31)33-29(32-27,19-21-11-3-1-4-12-21)20-22-13-5-2-6-14-22/h1-18,27-28,30-31H,19-20H2/t27-,28-/m1/s1. The summed E-state index contributed by atoms with van der Waals surface area (Å²) in [4.78, 5) is 0. The molecule has 1 aliphatic rings. The highest BCUT2D eigenvalue weighted by Gasteiger charge is 2.50. The second-order valence-electron chi connectivity index (χ2n) is 8.43. The zero-order valence-corrected chi connectivity index (χ0v) is 18.2. The summed E-state index contributed by atoms with van der Waals surface area (Å²) in [5, 5.41) is 21.3. The highest BCUT2D eigenvalue weighted by Crippen LogP contribution is 2.52. The van der Waals surface area contributed by atoms with Crippen molar-refractivity contribution in [3.63, 3.8) is 0 Å². The van der Waals surface area contributed by atoms with E-state index >= 15 is 0 Å². The molecule has 166 valence electrons. The second kappa shape index (κ2) is 9.10. The zero-order valence-electron chi connectivity index (χ0n) is 18.2. The van der Waals surface area contributed by atoms with Crippen LogP contribution >= 0.6 is 0 Å². The summed E-state index contributed by atoms with van der Waals surface area (Å²) in [7, 11) is 0. The van der Waals surface area contributed by atoms with Gasteiger partial charge < -0.3 is 19.7 Å². The molecule has 0 spiro atoms. The number of hydrogen-bond acceptors (Lipinski definition) is 4. The van der Waals surface area contributed by atoms with E-state index in [2.05, 4.69) is 24.3 Å². The average Bonchev–Trinajstić information content (AvgIpc) is 3.19. The van der Waals surface area contributed by atoms with Crippen LogP contribution in [0.2, 0.25) is 0 Å². The van der Waals surface area contributed by atoms with Crippen LogP contribution in [0.25, 0.3) is 0 Å². The van der Waals surface area contributed by atoms with Gasteiger partial charge in [0.15, 0.2) is 5.79 Å². The van der Waals surface area contributed by atoms with E-state index in [-0.39, 0.29) is 11.5 Å². The molecule has 4 nitrogen and oxygen atoms in total. The molecular formula is C29H26O4. The van der Waals surface area contributed by atoms with Crippen molar-refractivity contribution in [1.29, 1.82) is 0 Å². The SMILES string of the molecule is Oc1ccccc1[C@H]1OC(Cc2ccccc2)(Cc2ccccc2)O[C@@H]1c1ccccc1O. The third-order valence-electron chi connectivity index (χ3n) is 6.08. The first-order valence-electron chi connectivity index (χ1n) is 11.1. The van der Waals surface area contributed by atoms with Crippen LogP contribution in [0.15, 0.2) is 109 Å². The Morgan fingerprint density at radius 2 is 0.879 bits per heavy atom. The lowest BCUT2D eigenvalue weighted by Crippen LogP contribution is -2.36. The molecule has 1 heterocycles. The molecule has 4 heteroatoms. The molecular weight excluding hydrogens is 412 g/mol. The van der Waals surface area contributed by atoms with E-state index < -0.39 is 18.0 Å². The summed E-state index contributed by atoms with van der Waals surface area (Å²) in [6.07, 6.45) is -0.132. The molecule has 1 fully saturated rings. The molecule has 5 rings (SSSR count). The van der Waals surface area contributed by atoms with Crippen LogP contribution in [0.3, 0.4) is 0 Å². The first-order chi connectivity index (χ1) is 16.1. The monoisotopic (exact) mass is 438 g/mol. The topological polar surface area (TPSA) is 58.9 Å². The molecule has 4 aromatic carbocycles. The average molecular weight is 439 g/mol. The van der Waals surface area contributed by atoms with E-state index in [4.69, 9.17) is 9.47 Å². The summed E-state index contributed by atoms with van der Waals surface area (Å²) in [6.45, 7) is 0. The smallest absolute Gasteiger partial charge is 0.178 e. The third kappa shape index (κ3) is 4.49. The van der Waals surface area contributed by atoms with Gasteiger partial charge >= 0.3 is 0 Å². The minimum absolute atomic E-state index is 0.141. The number of benzene rings is 4. The van der Waals surface area contributed by atoms with E-state index in [9.17, 15) is 10.2 Å². The normalized spacial score (nSPS) is 19.4. The number of phenolic OH excluding ortho intramolecular Hbond substituents is 2. The molecule has 0 radical (unpaired) electrons. The molecule has 0 saturated carbocycles. The van der Waals surface area contributed by atoms with Crippen molar-refractivity contribution in [3.8, 4) is 11.5 Å². The van der Waals surface area contributed by atoms with Gasteiger partial charge in [0.1, 0.15) is 23.7 Å². The Labute approximate surface area is 193 Å². The van der Waals surface area contributed by atoms with Gasteiger partial charge in [-0.15, -0.1) is 0 Å². The molecule has 4 aromatic rings. The third-order valence-corrected chi connectivity index (χ3v) is 6.08. The van der Waals surface area contributed by atoms with Crippen molar-refractivity contribution in [2.24, 2.45) is 0 Å². The largest absolute Gasteiger partial charge is 0.508 e. The van der Waals surface area contributed by atoms with E-state index in [1.165, 1.54) is 0 Å². The van der Waals surface area contributed by atoms with Crippen molar-refractivity contribution in [2.75, 3.05) is 0 Å². The molecule has 2 atom stereocenters.